The number of carbonyl (C=O) groups is 1. The molecule has 2 aromatic rings. The molecule has 1 amide bonds. The Kier molecular flexibility index (Phi) is 5.79. The maximum absolute atomic E-state index is 12.7. The van der Waals surface area contributed by atoms with Crippen molar-refractivity contribution in [3.8, 4) is 0 Å². The molecule has 0 spiro atoms. The number of hydrogen-bond donors (Lipinski definition) is 4. The van der Waals surface area contributed by atoms with E-state index in [4.69, 9.17) is 0 Å². The van der Waals surface area contributed by atoms with E-state index in [1.807, 2.05) is 18.2 Å². The number of anilines is 2. The second-order valence-electron chi connectivity index (χ2n) is 6.83. The lowest BCUT2D eigenvalue weighted by atomic mass is 10.0. The van der Waals surface area contributed by atoms with Gasteiger partial charge in [-0.25, -0.2) is 13.8 Å². The third-order valence-electron chi connectivity index (χ3n) is 4.46. The molecule has 1 aliphatic heterocycles. The molecule has 1 saturated heterocycles. The Bertz CT molecular complexity index is 900. The molecular formula is C19H24N4O3S. The fraction of sp³-hybridized carbons (Fsp3) is 0.316. The van der Waals surface area contributed by atoms with Crippen molar-refractivity contribution in [2.24, 2.45) is 5.92 Å². The standard InChI is InChI=1S/C19H24N4O3S/c1-13(2)14-7-6-10-16(11-14)21-18(24)17-12-20-22-19(17)27(25,26)23-15-8-4-3-5-9-15/h3-11,13,17,19-20,22-23H,12H2,1-2H3,(H,21,24). The third kappa shape index (κ3) is 4.65. The molecule has 1 aliphatic rings. The van der Waals surface area contributed by atoms with Crippen LogP contribution in [0.25, 0.3) is 0 Å². The van der Waals surface area contributed by atoms with Crippen molar-refractivity contribution in [1.82, 2.24) is 10.9 Å². The molecule has 2 atom stereocenters. The fourth-order valence-corrected chi connectivity index (χ4v) is 4.43. The predicted molar refractivity (Wildman–Crippen MR) is 107 cm³/mol. The summed E-state index contributed by atoms with van der Waals surface area (Å²) in [4.78, 5) is 12.7. The van der Waals surface area contributed by atoms with Gasteiger partial charge in [-0.1, -0.05) is 44.2 Å². The largest absolute Gasteiger partial charge is 0.326 e. The van der Waals surface area contributed by atoms with Crippen molar-refractivity contribution in [3.63, 3.8) is 0 Å². The summed E-state index contributed by atoms with van der Waals surface area (Å²) < 4.78 is 28.0. The Hall–Kier alpha value is -2.42. The van der Waals surface area contributed by atoms with E-state index in [9.17, 15) is 13.2 Å². The van der Waals surface area contributed by atoms with Gasteiger partial charge in [-0.15, -0.1) is 0 Å². The van der Waals surface area contributed by atoms with Crippen LogP contribution in [0.5, 0.6) is 0 Å². The molecule has 144 valence electrons. The molecule has 1 heterocycles. The average Bonchev–Trinajstić information content (AvgIpc) is 3.13. The quantitative estimate of drug-likeness (QED) is 0.608. The number of carbonyl (C=O) groups excluding carboxylic acids is 1. The first-order chi connectivity index (χ1) is 12.9. The highest BCUT2D eigenvalue weighted by Crippen LogP contribution is 2.22. The zero-order valence-corrected chi connectivity index (χ0v) is 16.1. The van der Waals surface area contributed by atoms with Crippen LogP contribution in [-0.2, 0) is 14.8 Å². The summed E-state index contributed by atoms with van der Waals surface area (Å²) in [6.45, 7) is 4.36. The number of benzene rings is 2. The van der Waals surface area contributed by atoms with Crippen molar-refractivity contribution in [2.75, 3.05) is 16.6 Å². The van der Waals surface area contributed by atoms with Crippen LogP contribution in [0, 0.1) is 5.92 Å². The molecule has 0 saturated carbocycles. The second kappa shape index (κ2) is 8.08. The molecule has 7 nitrogen and oxygen atoms in total. The molecule has 0 aliphatic carbocycles. The van der Waals surface area contributed by atoms with Crippen molar-refractivity contribution in [3.05, 3.63) is 60.2 Å². The van der Waals surface area contributed by atoms with Gasteiger partial charge in [0.15, 0.2) is 5.37 Å². The van der Waals surface area contributed by atoms with Gasteiger partial charge in [0.25, 0.3) is 10.0 Å². The molecule has 0 aromatic heterocycles. The molecule has 1 fully saturated rings. The number of para-hydroxylation sites is 1. The molecular weight excluding hydrogens is 364 g/mol. The van der Waals surface area contributed by atoms with Crippen molar-refractivity contribution < 1.29 is 13.2 Å². The highest BCUT2D eigenvalue weighted by atomic mass is 32.2. The van der Waals surface area contributed by atoms with E-state index in [0.29, 0.717) is 17.3 Å². The lowest BCUT2D eigenvalue weighted by molar-refractivity contribution is -0.119. The van der Waals surface area contributed by atoms with Crippen LogP contribution >= 0.6 is 0 Å². The molecule has 2 unspecified atom stereocenters. The van der Waals surface area contributed by atoms with Gasteiger partial charge in [-0.3, -0.25) is 14.9 Å². The number of hydrazine groups is 1. The maximum Gasteiger partial charge on any atom is 0.250 e. The van der Waals surface area contributed by atoms with Gasteiger partial charge in [0.2, 0.25) is 5.91 Å². The second-order valence-corrected chi connectivity index (χ2v) is 8.64. The molecule has 8 heteroatoms. The molecule has 2 aromatic carbocycles. The zero-order valence-electron chi connectivity index (χ0n) is 15.3. The minimum atomic E-state index is -3.81. The van der Waals surface area contributed by atoms with Crippen LogP contribution < -0.4 is 20.9 Å². The SMILES string of the molecule is CC(C)c1cccc(NC(=O)C2CNNC2S(=O)(=O)Nc2ccccc2)c1. The lowest BCUT2D eigenvalue weighted by Crippen LogP contribution is -2.45. The Labute approximate surface area is 159 Å². The van der Waals surface area contributed by atoms with Crippen LogP contribution in [0.15, 0.2) is 54.6 Å². The Balaban J connectivity index is 1.73. The van der Waals surface area contributed by atoms with E-state index < -0.39 is 21.3 Å². The average molecular weight is 388 g/mol. The maximum atomic E-state index is 12.7. The molecule has 27 heavy (non-hydrogen) atoms. The molecule has 0 bridgehead atoms. The van der Waals surface area contributed by atoms with E-state index >= 15 is 0 Å². The Morgan fingerprint density at radius 1 is 1.07 bits per heavy atom. The van der Waals surface area contributed by atoms with Gasteiger partial charge in [0.1, 0.15) is 0 Å². The fourth-order valence-electron chi connectivity index (χ4n) is 2.95. The Morgan fingerprint density at radius 2 is 1.78 bits per heavy atom. The highest BCUT2D eigenvalue weighted by molar-refractivity contribution is 7.93. The van der Waals surface area contributed by atoms with Crippen LogP contribution in [0.4, 0.5) is 11.4 Å². The molecule has 3 rings (SSSR count). The minimum Gasteiger partial charge on any atom is -0.326 e. The predicted octanol–water partition coefficient (Wildman–Crippen LogP) is 2.24. The number of amides is 1. The molecule has 4 N–H and O–H groups in total. The van der Waals surface area contributed by atoms with E-state index in [1.54, 1.807) is 36.4 Å². The van der Waals surface area contributed by atoms with E-state index in [2.05, 4.69) is 34.7 Å². The summed E-state index contributed by atoms with van der Waals surface area (Å²) in [7, 11) is -3.81. The van der Waals surface area contributed by atoms with Crippen LogP contribution in [0.3, 0.4) is 0 Å². The monoisotopic (exact) mass is 388 g/mol. The normalized spacial score (nSPS) is 19.8. The summed E-state index contributed by atoms with van der Waals surface area (Å²) >= 11 is 0. The number of sulfonamides is 1. The van der Waals surface area contributed by atoms with Gasteiger partial charge in [0.05, 0.1) is 5.92 Å². The Morgan fingerprint density at radius 3 is 2.48 bits per heavy atom. The van der Waals surface area contributed by atoms with Crippen LogP contribution in [0.1, 0.15) is 25.3 Å². The van der Waals surface area contributed by atoms with Gasteiger partial charge in [-0.05, 0) is 35.7 Å². The van der Waals surface area contributed by atoms with Crippen molar-refractivity contribution >= 4 is 27.3 Å². The summed E-state index contributed by atoms with van der Waals surface area (Å²) in [5, 5.41) is 1.76. The number of hydrogen-bond acceptors (Lipinski definition) is 5. The van der Waals surface area contributed by atoms with E-state index in [0.717, 1.165) is 5.56 Å². The topological polar surface area (TPSA) is 99.3 Å². The summed E-state index contributed by atoms with van der Waals surface area (Å²) in [6, 6.07) is 16.2. The van der Waals surface area contributed by atoms with Gasteiger partial charge >= 0.3 is 0 Å². The minimum absolute atomic E-state index is 0.218. The van der Waals surface area contributed by atoms with Gasteiger partial charge in [-0.2, -0.15) is 0 Å². The van der Waals surface area contributed by atoms with Crippen molar-refractivity contribution in [1.29, 1.82) is 0 Å². The highest BCUT2D eigenvalue weighted by Gasteiger charge is 2.41. The van der Waals surface area contributed by atoms with E-state index in [-0.39, 0.29) is 12.5 Å². The van der Waals surface area contributed by atoms with Crippen LogP contribution in [-0.4, -0.2) is 26.2 Å². The van der Waals surface area contributed by atoms with Crippen molar-refractivity contribution in [2.45, 2.75) is 25.1 Å². The first-order valence-corrected chi connectivity index (χ1v) is 10.4. The number of nitrogens with one attached hydrogen (secondary N) is 4. The summed E-state index contributed by atoms with van der Waals surface area (Å²) in [6.07, 6.45) is 0. The smallest absolute Gasteiger partial charge is 0.250 e. The first-order valence-electron chi connectivity index (χ1n) is 8.83. The lowest BCUT2D eigenvalue weighted by Gasteiger charge is -2.20. The molecule has 0 radical (unpaired) electrons. The van der Waals surface area contributed by atoms with Gasteiger partial charge in [0, 0.05) is 17.9 Å². The van der Waals surface area contributed by atoms with Gasteiger partial charge < -0.3 is 5.32 Å². The third-order valence-corrected chi connectivity index (χ3v) is 6.09. The zero-order chi connectivity index (χ0) is 19.4. The van der Waals surface area contributed by atoms with E-state index in [1.165, 1.54) is 0 Å². The van der Waals surface area contributed by atoms with Crippen LogP contribution in [0.2, 0.25) is 0 Å². The number of rotatable bonds is 6. The summed E-state index contributed by atoms with van der Waals surface area (Å²) in [5.74, 6) is -0.786. The summed E-state index contributed by atoms with van der Waals surface area (Å²) in [5.41, 5.74) is 7.70. The first kappa shape index (κ1) is 19.3.